The van der Waals surface area contributed by atoms with Crippen molar-refractivity contribution in [3.8, 4) is 0 Å². The molecule has 0 N–H and O–H groups in total. The van der Waals surface area contributed by atoms with Gasteiger partial charge in [-0.2, -0.15) is 0 Å². The summed E-state index contributed by atoms with van der Waals surface area (Å²) in [5.74, 6) is 0.210. The molecule has 0 spiro atoms. The molecule has 1 rings (SSSR count). The Kier molecular flexibility index (Phi) is 4.49. The molecule has 18 heavy (non-hydrogen) atoms. The van der Waals surface area contributed by atoms with E-state index in [2.05, 4.69) is 4.40 Å². The molecule has 1 saturated heterocycles. The van der Waals surface area contributed by atoms with Crippen molar-refractivity contribution in [3.63, 3.8) is 0 Å². The number of carbonyl (C=O) groups excluding carboxylic acids is 1. The first-order chi connectivity index (χ1) is 8.08. The van der Waals surface area contributed by atoms with E-state index >= 15 is 0 Å². The molecule has 0 saturated carbocycles. The molecule has 5 heteroatoms. The van der Waals surface area contributed by atoms with Gasteiger partial charge in [-0.3, -0.25) is 4.79 Å². The van der Waals surface area contributed by atoms with E-state index in [-0.39, 0.29) is 16.6 Å². The Morgan fingerprint density at radius 1 is 1.56 bits per heavy atom. The maximum absolute atomic E-state index is 12.0. The summed E-state index contributed by atoms with van der Waals surface area (Å²) in [7, 11) is 1.80. The van der Waals surface area contributed by atoms with Crippen molar-refractivity contribution in [2.75, 3.05) is 7.05 Å². The maximum Gasteiger partial charge on any atom is 0.225 e. The number of amides is 1. The Labute approximate surface area is 113 Å². The molecule has 0 aromatic rings. The van der Waals surface area contributed by atoms with E-state index in [9.17, 15) is 9.35 Å². The first-order valence-electron chi connectivity index (χ1n) is 6.33. The van der Waals surface area contributed by atoms with Crippen LogP contribution in [0.15, 0.2) is 4.40 Å². The predicted molar refractivity (Wildman–Crippen MR) is 76.0 cm³/mol. The minimum Gasteiger partial charge on any atom is -0.591 e. The average Bonchev–Trinajstić information content (AvgIpc) is 2.28. The highest BCUT2D eigenvalue weighted by atomic mass is 32.2. The van der Waals surface area contributed by atoms with Crippen LogP contribution in [0.2, 0.25) is 0 Å². The van der Waals surface area contributed by atoms with Gasteiger partial charge in [-0.05, 0) is 40.5 Å². The zero-order valence-corrected chi connectivity index (χ0v) is 13.0. The normalized spacial score (nSPS) is 32.1. The molecule has 104 valence electrons. The summed E-state index contributed by atoms with van der Waals surface area (Å²) >= 11 is -1.27. The van der Waals surface area contributed by atoms with Crippen LogP contribution in [0.3, 0.4) is 0 Å². The molecule has 1 aliphatic rings. The minimum absolute atomic E-state index is 0.0737. The highest BCUT2D eigenvalue weighted by Crippen LogP contribution is 2.29. The maximum atomic E-state index is 12.0. The second-order valence-electron chi connectivity index (χ2n) is 6.29. The van der Waals surface area contributed by atoms with Gasteiger partial charge in [-0.1, -0.05) is 11.3 Å². The molecular formula is C13H24N2O2S. The van der Waals surface area contributed by atoms with Crippen molar-refractivity contribution >= 4 is 23.5 Å². The molecule has 1 aliphatic heterocycles. The molecule has 0 aromatic carbocycles. The van der Waals surface area contributed by atoms with E-state index in [0.29, 0.717) is 0 Å². The third kappa shape index (κ3) is 3.26. The van der Waals surface area contributed by atoms with Crippen LogP contribution in [-0.4, -0.2) is 38.9 Å². The lowest BCUT2D eigenvalue weighted by Crippen LogP contribution is -2.54. The number of nitrogens with zero attached hydrogens (tertiary/aromatic N) is 2. The Bertz CT molecular complexity index is 351. The fourth-order valence-corrected chi connectivity index (χ4v) is 2.49. The van der Waals surface area contributed by atoms with Crippen LogP contribution < -0.4 is 0 Å². The average molecular weight is 272 g/mol. The smallest absolute Gasteiger partial charge is 0.225 e. The number of likely N-dealkylation sites (tertiary alicyclic amines) is 1. The van der Waals surface area contributed by atoms with E-state index in [1.54, 1.807) is 18.2 Å². The molecule has 3 atom stereocenters. The van der Waals surface area contributed by atoms with Crippen molar-refractivity contribution in [2.45, 2.75) is 57.7 Å². The quantitative estimate of drug-likeness (QED) is 0.571. The first kappa shape index (κ1) is 15.5. The van der Waals surface area contributed by atoms with Gasteiger partial charge in [0, 0.05) is 13.0 Å². The van der Waals surface area contributed by atoms with Crippen LogP contribution in [0.5, 0.6) is 0 Å². The molecule has 0 aliphatic carbocycles. The van der Waals surface area contributed by atoms with E-state index < -0.39 is 16.9 Å². The van der Waals surface area contributed by atoms with Gasteiger partial charge < -0.3 is 9.45 Å². The molecular weight excluding hydrogens is 248 g/mol. The number of rotatable bonds is 2. The summed E-state index contributed by atoms with van der Waals surface area (Å²) in [6, 6.07) is 0. The Hall–Kier alpha value is -0.550. The lowest BCUT2D eigenvalue weighted by molar-refractivity contribution is -0.140. The largest absolute Gasteiger partial charge is 0.591 e. The minimum atomic E-state index is -1.27. The van der Waals surface area contributed by atoms with Crippen molar-refractivity contribution in [3.05, 3.63) is 0 Å². The molecule has 1 amide bonds. The Balaban J connectivity index is 2.82. The van der Waals surface area contributed by atoms with Crippen LogP contribution in [0, 0.1) is 5.92 Å². The standard InChI is InChI=1S/C13H24N2O2S/c1-10-7-8-13(5,15(6)11(10)16)9-14-18(17)12(2,3)4/h9-10H,7-8H2,1-6H3/b14-9+/t10?,13?,18-/m1/s1. The van der Waals surface area contributed by atoms with Gasteiger partial charge in [-0.15, -0.1) is 0 Å². The van der Waals surface area contributed by atoms with Crippen molar-refractivity contribution in [1.29, 1.82) is 0 Å². The monoisotopic (exact) mass is 272 g/mol. The molecule has 0 bridgehead atoms. The van der Waals surface area contributed by atoms with Crippen LogP contribution in [0.4, 0.5) is 0 Å². The predicted octanol–water partition coefficient (Wildman–Crippen LogP) is 2.17. The van der Waals surface area contributed by atoms with Crippen molar-refractivity contribution in [2.24, 2.45) is 10.3 Å². The van der Waals surface area contributed by atoms with E-state index in [0.717, 1.165) is 12.8 Å². The fraction of sp³-hybridized carbons (Fsp3) is 0.846. The van der Waals surface area contributed by atoms with Gasteiger partial charge >= 0.3 is 0 Å². The number of hydrogen-bond acceptors (Lipinski definition) is 3. The zero-order chi connectivity index (χ0) is 14.1. The van der Waals surface area contributed by atoms with Crippen LogP contribution in [-0.2, 0) is 16.2 Å². The topological polar surface area (TPSA) is 55.7 Å². The van der Waals surface area contributed by atoms with Crippen LogP contribution >= 0.6 is 0 Å². The molecule has 0 radical (unpaired) electrons. The summed E-state index contributed by atoms with van der Waals surface area (Å²) in [6.45, 7) is 9.59. The van der Waals surface area contributed by atoms with Crippen molar-refractivity contribution < 1.29 is 9.35 Å². The second kappa shape index (κ2) is 5.21. The van der Waals surface area contributed by atoms with E-state index in [4.69, 9.17) is 0 Å². The van der Waals surface area contributed by atoms with Gasteiger partial charge in [0.05, 0.1) is 11.8 Å². The van der Waals surface area contributed by atoms with E-state index in [1.807, 2.05) is 34.6 Å². The molecule has 0 aromatic heterocycles. The summed E-state index contributed by atoms with van der Waals surface area (Å²) < 4.78 is 15.7. The Morgan fingerprint density at radius 3 is 2.61 bits per heavy atom. The molecule has 1 heterocycles. The van der Waals surface area contributed by atoms with E-state index in [1.165, 1.54) is 0 Å². The fourth-order valence-electron chi connectivity index (χ4n) is 1.85. The summed E-state index contributed by atoms with van der Waals surface area (Å²) in [5.41, 5.74) is -0.412. The SMILES string of the molecule is CC1CCC(C)(/C=N/[S@+]([O-])C(C)(C)C)N(C)C1=O. The van der Waals surface area contributed by atoms with Crippen molar-refractivity contribution in [1.82, 2.24) is 4.90 Å². The summed E-state index contributed by atoms with van der Waals surface area (Å²) in [5, 5.41) is 0. The third-order valence-electron chi connectivity index (χ3n) is 3.55. The Morgan fingerprint density at radius 2 is 2.11 bits per heavy atom. The van der Waals surface area contributed by atoms with Gasteiger partial charge in [0.15, 0.2) is 0 Å². The molecule has 2 unspecified atom stereocenters. The lowest BCUT2D eigenvalue weighted by atomic mass is 9.85. The first-order valence-corrected chi connectivity index (χ1v) is 7.43. The van der Waals surface area contributed by atoms with Gasteiger partial charge in [0.2, 0.25) is 5.91 Å². The van der Waals surface area contributed by atoms with Gasteiger partial charge in [0.1, 0.15) is 16.1 Å². The second-order valence-corrected chi connectivity index (χ2v) is 8.22. The highest BCUT2D eigenvalue weighted by molar-refractivity contribution is 7.91. The lowest BCUT2D eigenvalue weighted by Gasteiger charge is -2.41. The number of piperidine rings is 1. The summed E-state index contributed by atoms with van der Waals surface area (Å²) in [4.78, 5) is 13.7. The third-order valence-corrected chi connectivity index (χ3v) is 4.90. The number of carbonyl (C=O) groups is 1. The summed E-state index contributed by atoms with van der Waals surface area (Å²) in [6.07, 6.45) is 3.41. The van der Waals surface area contributed by atoms with Gasteiger partial charge in [-0.25, -0.2) is 0 Å². The van der Waals surface area contributed by atoms with Crippen LogP contribution in [0.1, 0.15) is 47.5 Å². The zero-order valence-electron chi connectivity index (χ0n) is 12.2. The van der Waals surface area contributed by atoms with Gasteiger partial charge in [0.25, 0.3) is 0 Å². The molecule has 1 fully saturated rings. The van der Waals surface area contributed by atoms with Crippen LogP contribution in [0.25, 0.3) is 0 Å². The molecule has 4 nitrogen and oxygen atoms in total. The number of hydrogen-bond donors (Lipinski definition) is 0. The highest BCUT2D eigenvalue weighted by Gasteiger charge is 2.39.